The number of fused-ring (bicyclic) bond motifs is 3. The summed E-state index contributed by atoms with van der Waals surface area (Å²) in [6.07, 6.45) is 5.44. The van der Waals surface area contributed by atoms with Gasteiger partial charge in [-0.3, -0.25) is 0 Å². The molecule has 0 radical (unpaired) electrons. The summed E-state index contributed by atoms with van der Waals surface area (Å²) in [5, 5.41) is 12.0. The highest BCUT2D eigenvalue weighted by Gasteiger charge is 2.22. The molecule has 9 rings (SSSR count). The average Bonchev–Trinajstić information content (AvgIpc) is 3.55. The Kier molecular flexibility index (Phi) is 7.64. The summed E-state index contributed by atoms with van der Waals surface area (Å²) in [5.74, 6) is 0.791. The van der Waals surface area contributed by atoms with Crippen LogP contribution in [-0.2, 0) is 0 Å². The standard InChI is InChI=1S/C47H32N4/c48-31-32-19-21-33(22-20-32)37-27-38(34-23-25-40(26-24-34)51-45-17-9-7-15-41(45)42-16-8-10-18-46(42)51)29-39(28-37)44-30-43(35-11-3-1-4-12-35)49-47(50-44)36-13-5-2-6-14-36/h1-26,28-30,37H,27H2. The maximum atomic E-state index is 9.48. The zero-order valence-corrected chi connectivity index (χ0v) is 27.8. The second-order valence-electron chi connectivity index (χ2n) is 12.9. The fourth-order valence-corrected chi connectivity index (χ4v) is 7.28. The van der Waals surface area contributed by atoms with Crippen LogP contribution in [0.5, 0.6) is 0 Å². The van der Waals surface area contributed by atoms with Gasteiger partial charge in [-0.15, -0.1) is 0 Å². The van der Waals surface area contributed by atoms with Crippen molar-refractivity contribution in [3.63, 3.8) is 0 Å². The minimum Gasteiger partial charge on any atom is -0.309 e. The van der Waals surface area contributed by atoms with Gasteiger partial charge in [0.1, 0.15) is 0 Å². The van der Waals surface area contributed by atoms with Gasteiger partial charge in [-0.2, -0.15) is 5.26 Å². The summed E-state index contributed by atoms with van der Waals surface area (Å²) in [6, 6.07) is 59.0. The van der Waals surface area contributed by atoms with Crippen molar-refractivity contribution in [3.8, 4) is 34.4 Å². The summed E-state index contributed by atoms with van der Waals surface area (Å²) in [7, 11) is 0. The predicted octanol–water partition coefficient (Wildman–Crippen LogP) is 11.4. The Morgan fingerprint density at radius 3 is 1.80 bits per heavy atom. The molecule has 240 valence electrons. The fraction of sp³-hybridized carbons (Fsp3) is 0.0426. The van der Waals surface area contributed by atoms with Crippen molar-refractivity contribution in [3.05, 3.63) is 198 Å². The Balaban J connectivity index is 1.17. The first-order valence-corrected chi connectivity index (χ1v) is 17.2. The van der Waals surface area contributed by atoms with Crippen LogP contribution < -0.4 is 0 Å². The van der Waals surface area contributed by atoms with Crippen molar-refractivity contribution in [2.75, 3.05) is 0 Å². The minimum atomic E-state index is 0.0973. The zero-order chi connectivity index (χ0) is 34.1. The number of hydrogen-bond acceptors (Lipinski definition) is 3. The first-order valence-electron chi connectivity index (χ1n) is 17.2. The first kappa shape index (κ1) is 30.2. The van der Waals surface area contributed by atoms with Crippen LogP contribution in [0.4, 0.5) is 0 Å². The summed E-state index contributed by atoms with van der Waals surface area (Å²) in [5.41, 5.74) is 12.6. The number of nitrogens with zero attached hydrogens (tertiary/aromatic N) is 4. The van der Waals surface area contributed by atoms with Gasteiger partial charge in [0, 0.05) is 33.5 Å². The SMILES string of the molecule is N#Cc1ccc(C2C=C(c3cc(-c4ccccc4)nc(-c4ccccc4)n3)C=C(c3ccc(-n4c5ccccc5c5ccccc54)cc3)C2)cc1. The van der Waals surface area contributed by atoms with Crippen molar-refractivity contribution in [1.82, 2.24) is 14.5 Å². The van der Waals surface area contributed by atoms with E-state index in [1.54, 1.807) is 0 Å². The van der Waals surface area contributed by atoms with E-state index < -0.39 is 0 Å². The molecule has 0 spiro atoms. The number of rotatable bonds is 6. The predicted molar refractivity (Wildman–Crippen MR) is 208 cm³/mol. The van der Waals surface area contributed by atoms with Crippen LogP contribution in [0.25, 0.3) is 61.3 Å². The lowest BCUT2D eigenvalue weighted by Gasteiger charge is -2.23. The van der Waals surface area contributed by atoms with Gasteiger partial charge in [0.2, 0.25) is 0 Å². The minimum absolute atomic E-state index is 0.0973. The first-order chi connectivity index (χ1) is 25.2. The number of benzene rings is 6. The van der Waals surface area contributed by atoms with E-state index in [1.165, 1.54) is 38.5 Å². The van der Waals surface area contributed by atoms with Gasteiger partial charge in [0.25, 0.3) is 0 Å². The van der Waals surface area contributed by atoms with Gasteiger partial charge in [-0.05, 0) is 77.2 Å². The Labute approximate surface area is 297 Å². The van der Waals surface area contributed by atoms with Gasteiger partial charge in [-0.1, -0.05) is 127 Å². The molecule has 0 saturated carbocycles. The molecule has 8 aromatic rings. The Bertz CT molecular complexity index is 2530. The maximum Gasteiger partial charge on any atom is 0.160 e. The second kappa shape index (κ2) is 12.9. The summed E-state index contributed by atoms with van der Waals surface area (Å²) in [4.78, 5) is 10.2. The zero-order valence-electron chi connectivity index (χ0n) is 27.8. The molecule has 0 fully saturated rings. The van der Waals surface area contributed by atoms with E-state index in [4.69, 9.17) is 9.97 Å². The van der Waals surface area contributed by atoms with Crippen molar-refractivity contribution < 1.29 is 0 Å². The molecule has 0 N–H and O–H groups in total. The van der Waals surface area contributed by atoms with Crippen molar-refractivity contribution in [2.24, 2.45) is 0 Å². The van der Waals surface area contributed by atoms with E-state index >= 15 is 0 Å². The molecule has 2 heterocycles. The van der Waals surface area contributed by atoms with Crippen LogP contribution in [0.2, 0.25) is 0 Å². The highest BCUT2D eigenvalue weighted by atomic mass is 15.0. The molecule has 1 aliphatic rings. The average molecular weight is 653 g/mol. The number of para-hydroxylation sites is 2. The Hall–Kier alpha value is -6.83. The molecule has 4 nitrogen and oxygen atoms in total. The molecule has 1 atom stereocenters. The highest BCUT2D eigenvalue weighted by molar-refractivity contribution is 6.09. The third-order valence-electron chi connectivity index (χ3n) is 9.82. The van der Waals surface area contributed by atoms with E-state index in [0.29, 0.717) is 11.4 Å². The Morgan fingerprint density at radius 1 is 0.569 bits per heavy atom. The van der Waals surface area contributed by atoms with Gasteiger partial charge in [0.15, 0.2) is 5.82 Å². The smallest absolute Gasteiger partial charge is 0.160 e. The molecule has 0 amide bonds. The normalized spacial score (nSPS) is 14.2. The van der Waals surface area contributed by atoms with Crippen molar-refractivity contribution in [2.45, 2.75) is 12.3 Å². The molecule has 6 aromatic carbocycles. The molecule has 0 saturated heterocycles. The van der Waals surface area contributed by atoms with Crippen LogP contribution in [0.1, 0.15) is 34.7 Å². The molecule has 0 bridgehead atoms. The molecular formula is C47H32N4. The lowest BCUT2D eigenvalue weighted by atomic mass is 9.82. The fourth-order valence-electron chi connectivity index (χ4n) is 7.28. The topological polar surface area (TPSA) is 54.5 Å². The molecule has 51 heavy (non-hydrogen) atoms. The Morgan fingerprint density at radius 2 is 1.16 bits per heavy atom. The molecule has 1 aliphatic carbocycles. The summed E-state index contributed by atoms with van der Waals surface area (Å²) < 4.78 is 2.35. The van der Waals surface area contributed by atoms with Gasteiger partial charge in [-0.25, -0.2) is 9.97 Å². The maximum absolute atomic E-state index is 9.48. The molecule has 1 unspecified atom stereocenters. The van der Waals surface area contributed by atoms with Crippen LogP contribution >= 0.6 is 0 Å². The monoisotopic (exact) mass is 652 g/mol. The molecule has 0 aliphatic heterocycles. The number of nitriles is 1. The van der Waals surface area contributed by atoms with E-state index in [1.807, 2.05) is 48.5 Å². The lowest BCUT2D eigenvalue weighted by Crippen LogP contribution is -2.06. The van der Waals surface area contributed by atoms with Gasteiger partial charge < -0.3 is 4.57 Å². The van der Waals surface area contributed by atoms with Crippen LogP contribution in [0.15, 0.2) is 176 Å². The molecule has 2 aromatic heterocycles. The largest absolute Gasteiger partial charge is 0.309 e. The lowest BCUT2D eigenvalue weighted by molar-refractivity contribution is 0.869. The van der Waals surface area contributed by atoms with Gasteiger partial charge >= 0.3 is 0 Å². The van der Waals surface area contributed by atoms with E-state index in [2.05, 4.69) is 138 Å². The molecular weight excluding hydrogens is 621 g/mol. The van der Waals surface area contributed by atoms with Gasteiger partial charge in [0.05, 0.1) is 34.1 Å². The quantitative estimate of drug-likeness (QED) is 0.180. The third-order valence-corrected chi connectivity index (χ3v) is 9.82. The number of aromatic nitrogens is 3. The highest BCUT2D eigenvalue weighted by Crippen LogP contribution is 2.40. The second-order valence-corrected chi connectivity index (χ2v) is 12.9. The van der Waals surface area contributed by atoms with Crippen molar-refractivity contribution >= 4 is 33.0 Å². The van der Waals surface area contributed by atoms with Crippen LogP contribution in [0, 0.1) is 11.3 Å². The number of allylic oxidation sites excluding steroid dienone is 4. The van der Waals surface area contributed by atoms with Crippen molar-refractivity contribution in [1.29, 1.82) is 5.26 Å². The summed E-state index contributed by atoms with van der Waals surface area (Å²) in [6.45, 7) is 0. The van der Waals surface area contributed by atoms with E-state index in [9.17, 15) is 5.26 Å². The van der Waals surface area contributed by atoms with E-state index in [0.717, 1.165) is 40.2 Å². The van der Waals surface area contributed by atoms with Crippen LogP contribution in [0.3, 0.4) is 0 Å². The van der Waals surface area contributed by atoms with E-state index in [-0.39, 0.29) is 5.92 Å². The third kappa shape index (κ3) is 5.71. The molecule has 4 heteroatoms. The summed E-state index contributed by atoms with van der Waals surface area (Å²) >= 11 is 0. The number of hydrogen-bond donors (Lipinski definition) is 0. The van der Waals surface area contributed by atoms with Crippen LogP contribution in [-0.4, -0.2) is 14.5 Å².